The molecule has 0 aliphatic carbocycles. The van der Waals surface area contributed by atoms with Gasteiger partial charge in [-0.25, -0.2) is 0 Å². The van der Waals surface area contributed by atoms with E-state index in [1.54, 1.807) is 12.1 Å². The Morgan fingerprint density at radius 2 is 2.42 bits per heavy atom. The highest BCUT2D eigenvalue weighted by Gasteiger charge is 2.23. The molecule has 5 heteroatoms. The standard InChI is InChI=1S/C14H21ClN2O2/c1-2-3-9-17(10-11-5-4-8-16-11)14(18)12-6-7-13(15)19-12/h6-7,11,16H,2-5,8-10H2,1H3. The smallest absolute Gasteiger partial charge is 0.289 e. The third-order valence-corrected chi connectivity index (χ3v) is 3.66. The molecule has 1 atom stereocenters. The second-order valence-corrected chi connectivity index (χ2v) is 5.37. The molecule has 1 fully saturated rings. The number of nitrogens with zero attached hydrogens (tertiary/aromatic N) is 1. The summed E-state index contributed by atoms with van der Waals surface area (Å²) in [4.78, 5) is 14.3. The largest absolute Gasteiger partial charge is 0.440 e. The molecule has 1 saturated heterocycles. The molecule has 2 heterocycles. The molecule has 1 aromatic rings. The van der Waals surface area contributed by atoms with Crippen LogP contribution in [-0.2, 0) is 0 Å². The normalized spacial score (nSPS) is 18.7. The predicted molar refractivity (Wildman–Crippen MR) is 75.6 cm³/mol. The highest BCUT2D eigenvalue weighted by molar-refractivity contribution is 6.29. The summed E-state index contributed by atoms with van der Waals surface area (Å²) in [5.41, 5.74) is 0. The quantitative estimate of drug-likeness (QED) is 0.874. The van der Waals surface area contributed by atoms with E-state index in [0.29, 0.717) is 11.8 Å². The summed E-state index contributed by atoms with van der Waals surface area (Å²) in [7, 11) is 0. The van der Waals surface area contributed by atoms with Crippen molar-refractivity contribution >= 4 is 17.5 Å². The highest BCUT2D eigenvalue weighted by atomic mass is 35.5. The summed E-state index contributed by atoms with van der Waals surface area (Å²) in [6, 6.07) is 3.66. The number of rotatable bonds is 6. The van der Waals surface area contributed by atoms with Gasteiger partial charge in [-0.1, -0.05) is 13.3 Å². The maximum absolute atomic E-state index is 12.4. The number of hydrogen-bond donors (Lipinski definition) is 1. The Hall–Kier alpha value is -1.00. The molecule has 1 amide bonds. The molecule has 0 saturated carbocycles. The molecule has 0 aromatic carbocycles. The van der Waals surface area contributed by atoms with Crippen LogP contribution in [0.5, 0.6) is 0 Å². The van der Waals surface area contributed by atoms with Gasteiger partial charge in [-0.3, -0.25) is 4.79 Å². The van der Waals surface area contributed by atoms with Gasteiger partial charge in [0, 0.05) is 19.1 Å². The molecule has 1 aliphatic rings. The van der Waals surface area contributed by atoms with Crippen molar-refractivity contribution in [3.8, 4) is 0 Å². The lowest BCUT2D eigenvalue weighted by molar-refractivity contribution is 0.0707. The molecule has 1 aromatic heterocycles. The molecule has 4 nitrogen and oxygen atoms in total. The molecule has 1 aliphatic heterocycles. The Bertz CT molecular complexity index is 413. The maximum Gasteiger partial charge on any atom is 0.289 e. The molecule has 1 N–H and O–H groups in total. The molecular formula is C14H21ClN2O2. The van der Waals surface area contributed by atoms with E-state index in [-0.39, 0.29) is 11.1 Å². The topological polar surface area (TPSA) is 45.5 Å². The van der Waals surface area contributed by atoms with E-state index in [9.17, 15) is 4.79 Å². The summed E-state index contributed by atoms with van der Waals surface area (Å²) in [5.74, 6) is 0.271. The van der Waals surface area contributed by atoms with E-state index in [0.717, 1.165) is 38.9 Å². The lowest BCUT2D eigenvalue weighted by Crippen LogP contribution is -2.41. The molecule has 2 rings (SSSR count). The number of hydrogen-bond acceptors (Lipinski definition) is 3. The lowest BCUT2D eigenvalue weighted by Gasteiger charge is -2.25. The average molecular weight is 285 g/mol. The van der Waals surface area contributed by atoms with Gasteiger partial charge in [-0.05, 0) is 49.5 Å². The Morgan fingerprint density at radius 3 is 3.00 bits per heavy atom. The van der Waals surface area contributed by atoms with Gasteiger partial charge in [0.1, 0.15) is 0 Å². The summed E-state index contributed by atoms with van der Waals surface area (Å²) < 4.78 is 5.22. The summed E-state index contributed by atoms with van der Waals surface area (Å²) in [5, 5.41) is 3.69. The fraction of sp³-hybridized carbons (Fsp3) is 0.643. The van der Waals surface area contributed by atoms with Gasteiger partial charge in [0.25, 0.3) is 5.91 Å². The third kappa shape index (κ3) is 3.98. The highest BCUT2D eigenvalue weighted by Crippen LogP contribution is 2.17. The molecule has 19 heavy (non-hydrogen) atoms. The van der Waals surface area contributed by atoms with Crippen LogP contribution < -0.4 is 5.32 Å². The number of nitrogens with one attached hydrogen (secondary N) is 1. The van der Waals surface area contributed by atoms with Crippen LogP contribution in [-0.4, -0.2) is 36.5 Å². The van der Waals surface area contributed by atoms with Gasteiger partial charge in [0.05, 0.1) is 0 Å². The van der Waals surface area contributed by atoms with E-state index >= 15 is 0 Å². The number of furan rings is 1. The second kappa shape index (κ2) is 6.96. The Balaban J connectivity index is 2.00. The lowest BCUT2D eigenvalue weighted by atomic mass is 10.2. The molecule has 106 valence electrons. The third-order valence-electron chi connectivity index (χ3n) is 3.46. The van der Waals surface area contributed by atoms with Gasteiger partial charge < -0.3 is 14.6 Å². The van der Waals surface area contributed by atoms with Crippen molar-refractivity contribution in [2.24, 2.45) is 0 Å². The van der Waals surface area contributed by atoms with Gasteiger partial charge in [-0.15, -0.1) is 0 Å². The van der Waals surface area contributed by atoms with Gasteiger partial charge in [0.2, 0.25) is 0 Å². The zero-order valence-corrected chi connectivity index (χ0v) is 12.1. The van der Waals surface area contributed by atoms with E-state index < -0.39 is 0 Å². The Kier molecular flexibility index (Phi) is 5.28. The molecule has 0 radical (unpaired) electrons. The van der Waals surface area contributed by atoms with Gasteiger partial charge in [0.15, 0.2) is 11.0 Å². The zero-order chi connectivity index (χ0) is 13.7. The minimum absolute atomic E-state index is 0.0611. The van der Waals surface area contributed by atoms with Crippen LogP contribution in [0.4, 0.5) is 0 Å². The number of carbonyl (C=O) groups is 1. The fourth-order valence-electron chi connectivity index (χ4n) is 2.39. The minimum Gasteiger partial charge on any atom is -0.440 e. The van der Waals surface area contributed by atoms with Crippen LogP contribution in [0.2, 0.25) is 5.22 Å². The first kappa shape index (κ1) is 14.4. The van der Waals surface area contributed by atoms with Crippen LogP contribution in [0.25, 0.3) is 0 Å². The van der Waals surface area contributed by atoms with Crippen LogP contribution >= 0.6 is 11.6 Å². The first-order valence-electron chi connectivity index (χ1n) is 6.98. The summed E-state index contributed by atoms with van der Waals surface area (Å²) in [6.45, 7) is 4.69. The minimum atomic E-state index is -0.0611. The van der Waals surface area contributed by atoms with Crippen molar-refractivity contribution in [1.82, 2.24) is 10.2 Å². The van der Waals surface area contributed by atoms with Crippen molar-refractivity contribution in [2.45, 2.75) is 38.6 Å². The first-order valence-corrected chi connectivity index (χ1v) is 7.36. The van der Waals surface area contributed by atoms with Gasteiger partial charge in [-0.2, -0.15) is 0 Å². The molecule has 0 spiro atoms. The van der Waals surface area contributed by atoms with Crippen molar-refractivity contribution in [2.75, 3.05) is 19.6 Å². The van der Waals surface area contributed by atoms with E-state index in [1.807, 2.05) is 4.90 Å². The van der Waals surface area contributed by atoms with E-state index in [2.05, 4.69) is 12.2 Å². The second-order valence-electron chi connectivity index (χ2n) is 5.00. The van der Waals surface area contributed by atoms with Crippen LogP contribution in [0, 0.1) is 0 Å². The molecule has 0 bridgehead atoms. The first-order chi connectivity index (χ1) is 9.20. The molecule has 1 unspecified atom stereocenters. The summed E-state index contributed by atoms with van der Waals surface area (Å²) in [6.07, 6.45) is 4.40. The molecular weight excluding hydrogens is 264 g/mol. The fourth-order valence-corrected chi connectivity index (χ4v) is 2.53. The van der Waals surface area contributed by atoms with E-state index in [1.165, 1.54) is 6.42 Å². The van der Waals surface area contributed by atoms with Crippen molar-refractivity contribution < 1.29 is 9.21 Å². The zero-order valence-electron chi connectivity index (χ0n) is 11.3. The Morgan fingerprint density at radius 1 is 1.58 bits per heavy atom. The van der Waals surface area contributed by atoms with Crippen LogP contribution in [0.3, 0.4) is 0 Å². The number of carbonyl (C=O) groups excluding carboxylic acids is 1. The van der Waals surface area contributed by atoms with Crippen molar-refractivity contribution in [3.05, 3.63) is 23.1 Å². The maximum atomic E-state index is 12.4. The Labute approximate surface area is 119 Å². The average Bonchev–Trinajstić information content (AvgIpc) is 3.05. The predicted octanol–water partition coefficient (Wildman–Crippen LogP) is 2.93. The monoisotopic (exact) mass is 284 g/mol. The SMILES string of the molecule is CCCCN(CC1CCCN1)C(=O)c1ccc(Cl)o1. The summed E-state index contributed by atoms with van der Waals surface area (Å²) >= 11 is 5.73. The van der Waals surface area contributed by atoms with Crippen LogP contribution in [0.1, 0.15) is 43.2 Å². The van der Waals surface area contributed by atoms with Gasteiger partial charge >= 0.3 is 0 Å². The van der Waals surface area contributed by atoms with Crippen LogP contribution in [0.15, 0.2) is 16.5 Å². The number of amides is 1. The van der Waals surface area contributed by atoms with Crippen molar-refractivity contribution in [3.63, 3.8) is 0 Å². The van der Waals surface area contributed by atoms with E-state index in [4.69, 9.17) is 16.0 Å². The number of halogens is 1. The van der Waals surface area contributed by atoms with Crippen molar-refractivity contribution in [1.29, 1.82) is 0 Å². The number of unbranched alkanes of at least 4 members (excludes halogenated alkanes) is 1.